The summed E-state index contributed by atoms with van der Waals surface area (Å²) in [6.07, 6.45) is 3.89. The number of anilines is 2. The van der Waals surface area contributed by atoms with Gasteiger partial charge in [0.15, 0.2) is 5.13 Å². The van der Waals surface area contributed by atoms with E-state index in [1.165, 1.54) is 11.3 Å². The van der Waals surface area contributed by atoms with Crippen LogP contribution in [0.15, 0.2) is 42.9 Å². The zero-order valence-corrected chi connectivity index (χ0v) is 21.3. The molecule has 1 fully saturated rings. The van der Waals surface area contributed by atoms with E-state index in [4.69, 9.17) is 4.74 Å². The van der Waals surface area contributed by atoms with Crippen molar-refractivity contribution in [3.63, 3.8) is 0 Å². The van der Waals surface area contributed by atoms with Crippen molar-refractivity contribution in [3.8, 4) is 0 Å². The number of benzene rings is 1. The Morgan fingerprint density at radius 2 is 1.94 bits per heavy atom. The minimum Gasteiger partial charge on any atom is -0.444 e. The number of amides is 2. The van der Waals surface area contributed by atoms with Crippen LogP contribution in [0.1, 0.15) is 33.6 Å². The number of alkyl carbamates (subject to hydrolysis) is 1. The third-order valence-corrected chi connectivity index (χ3v) is 7.27. The average Bonchev–Trinajstić information content (AvgIpc) is 3.48. The Hall–Kier alpha value is -3.73. The molecular weight excluding hydrogens is 478 g/mol. The highest BCUT2D eigenvalue weighted by molar-refractivity contribution is 7.22. The molecule has 0 aliphatic carbocycles. The molecule has 1 aliphatic heterocycles. The van der Waals surface area contributed by atoms with Gasteiger partial charge >= 0.3 is 6.09 Å². The van der Waals surface area contributed by atoms with Crippen LogP contribution in [0.4, 0.5) is 15.7 Å². The molecule has 0 atom stereocenters. The maximum Gasteiger partial charge on any atom is 0.407 e. The molecule has 1 aromatic carbocycles. The largest absolute Gasteiger partial charge is 0.444 e. The van der Waals surface area contributed by atoms with E-state index in [0.29, 0.717) is 31.1 Å². The molecule has 11 heteroatoms. The van der Waals surface area contributed by atoms with Crippen molar-refractivity contribution in [1.29, 1.82) is 0 Å². The number of fused-ring (bicyclic) bond motifs is 2. The molecule has 4 aromatic rings. The Balaban J connectivity index is 1.35. The number of H-pyrrole nitrogens is 1. The van der Waals surface area contributed by atoms with Crippen LogP contribution in [-0.4, -0.2) is 57.2 Å². The van der Waals surface area contributed by atoms with E-state index in [0.717, 1.165) is 27.1 Å². The van der Waals surface area contributed by atoms with Crippen molar-refractivity contribution < 1.29 is 14.3 Å². The fraction of sp³-hybridized carbons (Fsp3) is 0.400. The van der Waals surface area contributed by atoms with Gasteiger partial charge in [-0.05, 0) is 51.8 Å². The van der Waals surface area contributed by atoms with Crippen LogP contribution in [0.2, 0.25) is 0 Å². The summed E-state index contributed by atoms with van der Waals surface area (Å²) in [7, 11) is 0. The number of piperidine rings is 1. The van der Waals surface area contributed by atoms with Crippen molar-refractivity contribution in [3.05, 3.63) is 42.9 Å². The topological polar surface area (TPSA) is 125 Å². The van der Waals surface area contributed by atoms with Gasteiger partial charge in [-0.3, -0.25) is 4.79 Å². The molecule has 1 aliphatic rings. The van der Waals surface area contributed by atoms with Crippen LogP contribution < -0.4 is 15.5 Å². The number of carbonyl (C=O) groups excluding carboxylic acids is 2. The number of rotatable bonds is 5. The van der Waals surface area contributed by atoms with Crippen molar-refractivity contribution in [2.75, 3.05) is 29.9 Å². The lowest BCUT2D eigenvalue weighted by molar-refractivity contribution is -0.126. The highest BCUT2D eigenvalue weighted by Crippen LogP contribution is 2.36. The van der Waals surface area contributed by atoms with Crippen molar-refractivity contribution in [2.24, 2.45) is 5.41 Å². The highest BCUT2D eigenvalue weighted by Gasteiger charge is 2.43. The predicted octanol–water partition coefficient (Wildman–Crippen LogP) is 4.32. The van der Waals surface area contributed by atoms with Crippen LogP contribution in [0.3, 0.4) is 0 Å². The minimum atomic E-state index is -0.824. The lowest BCUT2D eigenvalue weighted by atomic mass is 9.77. The van der Waals surface area contributed by atoms with Gasteiger partial charge in [-0.15, -0.1) is 0 Å². The Labute approximate surface area is 212 Å². The third-order valence-electron chi connectivity index (χ3n) is 6.32. The Morgan fingerprint density at radius 1 is 1.17 bits per heavy atom. The first-order valence-electron chi connectivity index (χ1n) is 11.9. The third kappa shape index (κ3) is 4.97. The molecule has 0 unspecified atom stereocenters. The molecule has 3 N–H and O–H groups in total. The number of thiazole rings is 1. The number of nitrogens with zero attached hydrogens (tertiary/aromatic N) is 4. The van der Waals surface area contributed by atoms with E-state index >= 15 is 0 Å². The minimum absolute atomic E-state index is 0.160. The Bertz CT molecular complexity index is 1370. The first kappa shape index (κ1) is 24.0. The zero-order valence-electron chi connectivity index (χ0n) is 20.5. The molecule has 5 rings (SSSR count). The molecular formula is C25H29N7O3S. The summed E-state index contributed by atoms with van der Waals surface area (Å²) in [6, 6.07) is 9.72. The maximum atomic E-state index is 13.7. The van der Waals surface area contributed by atoms with Gasteiger partial charge in [0, 0.05) is 25.8 Å². The predicted molar refractivity (Wildman–Crippen MR) is 140 cm³/mol. The van der Waals surface area contributed by atoms with Crippen LogP contribution in [-0.2, 0) is 9.53 Å². The number of hydrogen-bond donors (Lipinski definition) is 3. The second-order valence-corrected chi connectivity index (χ2v) is 11.0. The lowest BCUT2D eigenvalue weighted by Gasteiger charge is -2.41. The number of hydrogen-bond acceptors (Lipinski definition) is 8. The molecule has 0 saturated carbocycles. The van der Waals surface area contributed by atoms with Gasteiger partial charge in [0.1, 0.15) is 23.4 Å². The zero-order chi connectivity index (χ0) is 25.3. The molecule has 3 aromatic heterocycles. The number of carbonyl (C=O) groups is 2. The Kier molecular flexibility index (Phi) is 6.25. The number of aromatic nitrogens is 4. The molecule has 0 spiro atoms. The van der Waals surface area contributed by atoms with Gasteiger partial charge in [0.2, 0.25) is 5.91 Å². The average molecular weight is 508 g/mol. The van der Waals surface area contributed by atoms with Crippen LogP contribution >= 0.6 is 11.3 Å². The second kappa shape index (κ2) is 9.38. The van der Waals surface area contributed by atoms with Crippen LogP contribution in [0.25, 0.3) is 21.3 Å². The van der Waals surface area contributed by atoms with Gasteiger partial charge in [0.05, 0.1) is 21.0 Å². The molecule has 4 heterocycles. The number of ether oxygens (including phenoxy) is 1. The first-order chi connectivity index (χ1) is 17.2. The van der Waals surface area contributed by atoms with Crippen molar-refractivity contribution in [1.82, 2.24) is 25.3 Å². The van der Waals surface area contributed by atoms with E-state index in [9.17, 15) is 9.59 Å². The molecule has 10 nitrogen and oxygen atoms in total. The summed E-state index contributed by atoms with van der Waals surface area (Å²) in [5, 5.41) is 7.34. The van der Waals surface area contributed by atoms with E-state index in [1.807, 2.05) is 57.3 Å². The lowest BCUT2D eigenvalue weighted by Crippen LogP contribution is -2.53. The summed E-state index contributed by atoms with van der Waals surface area (Å²) in [5.41, 5.74) is 0.166. The second-order valence-electron chi connectivity index (χ2n) is 10.0. The summed E-state index contributed by atoms with van der Waals surface area (Å²) < 4.78 is 6.42. The van der Waals surface area contributed by atoms with Gasteiger partial charge in [-0.1, -0.05) is 23.5 Å². The van der Waals surface area contributed by atoms with E-state index in [2.05, 4.69) is 35.5 Å². The molecule has 2 amide bonds. The quantitative estimate of drug-likeness (QED) is 0.367. The molecule has 0 radical (unpaired) electrons. The van der Waals surface area contributed by atoms with Crippen LogP contribution in [0.5, 0.6) is 0 Å². The summed E-state index contributed by atoms with van der Waals surface area (Å²) in [4.78, 5) is 44.7. The number of para-hydroxylation sites is 1. The van der Waals surface area contributed by atoms with E-state index < -0.39 is 17.1 Å². The maximum absolute atomic E-state index is 13.7. The van der Waals surface area contributed by atoms with E-state index in [1.54, 1.807) is 6.33 Å². The SMILES string of the molecule is CC(C)(C)OC(=O)NCC1(C(=O)Nc2nc3ccccc3s2)CCN(c2ncnc3[nH]ccc23)CC1. The summed E-state index contributed by atoms with van der Waals surface area (Å²) in [6.45, 7) is 6.79. The number of aromatic amines is 1. The van der Waals surface area contributed by atoms with Crippen molar-refractivity contribution in [2.45, 2.75) is 39.2 Å². The van der Waals surface area contributed by atoms with Gasteiger partial charge in [0.25, 0.3) is 0 Å². The smallest absolute Gasteiger partial charge is 0.407 e. The van der Waals surface area contributed by atoms with E-state index in [-0.39, 0.29) is 12.5 Å². The van der Waals surface area contributed by atoms with Gasteiger partial charge < -0.3 is 25.3 Å². The summed E-state index contributed by atoms with van der Waals surface area (Å²) >= 11 is 1.43. The summed E-state index contributed by atoms with van der Waals surface area (Å²) in [5.74, 6) is 0.674. The van der Waals surface area contributed by atoms with Gasteiger partial charge in [-0.25, -0.2) is 19.7 Å². The molecule has 0 bridgehead atoms. The fourth-order valence-corrected chi connectivity index (χ4v) is 5.31. The normalized spacial score (nSPS) is 15.7. The molecule has 36 heavy (non-hydrogen) atoms. The molecule has 1 saturated heterocycles. The van der Waals surface area contributed by atoms with Crippen LogP contribution in [0, 0.1) is 5.41 Å². The monoisotopic (exact) mass is 507 g/mol. The fourth-order valence-electron chi connectivity index (χ4n) is 4.45. The number of nitrogens with one attached hydrogen (secondary N) is 3. The Morgan fingerprint density at radius 3 is 2.69 bits per heavy atom. The van der Waals surface area contributed by atoms with Crippen molar-refractivity contribution >= 4 is 55.5 Å². The highest BCUT2D eigenvalue weighted by atomic mass is 32.1. The first-order valence-corrected chi connectivity index (χ1v) is 12.7. The standard InChI is InChI=1S/C25H29N7O3S/c1-24(2,3)35-23(34)27-14-25(21(33)31-22-30-17-6-4-5-7-18(17)36-22)9-12-32(13-10-25)20-16-8-11-26-19(16)28-15-29-20/h4-8,11,15H,9-10,12-14H2,1-3H3,(H,27,34)(H,26,28,29)(H,30,31,33). The molecule has 188 valence electrons. The van der Waals surface area contributed by atoms with Gasteiger partial charge in [-0.2, -0.15) is 0 Å².